The van der Waals surface area contributed by atoms with Crippen LogP contribution in [0.1, 0.15) is 71.1 Å². The van der Waals surface area contributed by atoms with E-state index >= 15 is 0 Å². The standard InChI is InChI=1S/C16H29NO3/c1-2-3-4-5-6-7-8-9-15(18)17(13-16(19)20)12-14-10-11-14/h14H,2-13H2,1H3,(H,19,20). The minimum absolute atomic E-state index is 0.0212. The van der Waals surface area contributed by atoms with Crippen LogP contribution >= 0.6 is 0 Å². The molecule has 1 amide bonds. The van der Waals surface area contributed by atoms with Gasteiger partial charge in [0, 0.05) is 13.0 Å². The molecule has 1 aliphatic carbocycles. The Morgan fingerprint density at radius 2 is 1.65 bits per heavy atom. The van der Waals surface area contributed by atoms with Gasteiger partial charge in [-0.1, -0.05) is 45.4 Å². The number of nitrogens with zero attached hydrogens (tertiary/aromatic N) is 1. The molecule has 1 N–H and O–H groups in total. The summed E-state index contributed by atoms with van der Waals surface area (Å²) in [6.07, 6.45) is 11.0. The Kier molecular flexibility index (Phi) is 8.31. The van der Waals surface area contributed by atoms with Crippen molar-refractivity contribution in [3.05, 3.63) is 0 Å². The molecule has 1 saturated carbocycles. The van der Waals surface area contributed by atoms with Gasteiger partial charge in [-0.25, -0.2) is 0 Å². The molecule has 4 heteroatoms. The van der Waals surface area contributed by atoms with E-state index < -0.39 is 5.97 Å². The van der Waals surface area contributed by atoms with E-state index in [0.29, 0.717) is 18.9 Å². The number of carboxylic acid groups (broad SMARTS) is 1. The fourth-order valence-electron chi connectivity index (χ4n) is 2.42. The number of hydrogen-bond donors (Lipinski definition) is 1. The summed E-state index contributed by atoms with van der Waals surface area (Å²) in [4.78, 5) is 24.4. The highest BCUT2D eigenvalue weighted by molar-refractivity contribution is 5.81. The van der Waals surface area contributed by atoms with Crippen LogP contribution in [0.15, 0.2) is 0 Å². The van der Waals surface area contributed by atoms with Crippen molar-refractivity contribution in [2.24, 2.45) is 5.92 Å². The van der Waals surface area contributed by atoms with E-state index in [2.05, 4.69) is 6.92 Å². The van der Waals surface area contributed by atoms with Crippen LogP contribution in [0.5, 0.6) is 0 Å². The minimum atomic E-state index is -0.904. The van der Waals surface area contributed by atoms with E-state index in [-0.39, 0.29) is 12.5 Å². The summed E-state index contributed by atoms with van der Waals surface area (Å²) >= 11 is 0. The number of carbonyl (C=O) groups is 2. The first-order chi connectivity index (χ1) is 9.63. The number of unbranched alkanes of at least 4 members (excludes halogenated alkanes) is 6. The van der Waals surface area contributed by atoms with Crippen LogP contribution in [0.3, 0.4) is 0 Å². The van der Waals surface area contributed by atoms with E-state index in [0.717, 1.165) is 25.7 Å². The van der Waals surface area contributed by atoms with Gasteiger partial charge in [0.25, 0.3) is 0 Å². The predicted octanol–water partition coefficient (Wildman–Crippen LogP) is 3.45. The van der Waals surface area contributed by atoms with Crippen LogP contribution < -0.4 is 0 Å². The molecule has 0 spiro atoms. The smallest absolute Gasteiger partial charge is 0.323 e. The average molecular weight is 283 g/mol. The highest BCUT2D eigenvalue weighted by Gasteiger charge is 2.27. The van der Waals surface area contributed by atoms with Gasteiger partial charge in [-0.2, -0.15) is 0 Å². The Hall–Kier alpha value is -1.06. The lowest BCUT2D eigenvalue weighted by Gasteiger charge is -2.20. The fourth-order valence-corrected chi connectivity index (χ4v) is 2.42. The number of amides is 1. The minimum Gasteiger partial charge on any atom is -0.480 e. The summed E-state index contributed by atoms with van der Waals surface area (Å²) in [6, 6.07) is 0. The highest BCUT2D eigenvalue weighted by atomic mass is 16.4. The van der Waals surface area contributed by atoms with Crippen molar-refractivity contribution in [3.63, 3.8) is 0 Å². The van der Waals surface area contributed by atoms with Crippen molar-refractivity contribution in [1.82, 2.24) is 4.90 Å². The molecule has 0 aliphatic heterocycles. The summed E-state index contributed by atoms with van der Waals surface area (Å²) in [6.45, 7) is 2.71. The second-order valence-electron chi connectivity index (χ2n) is 5.98. The first kappa shape index (κ1) is 17.0. The molecule has 0 heterocycles. The van der Waals surface area contributed by atoms with Gasteiger partial charge in [-0.05, 0) is 25.2 Å². The Balaban J connectivity index is 2.12. The Labute approximate surface area is 122 Å². The molecule has 1 fully saturated rings. The lowest BCUT2D eigenvalue weighted by atomic mass is 10.1. The van der Waals surface area contributed by atoms with Crippen LogP contribution in [0.4, 0.5) is 0 Å². The molecule has 0 aromatic rings. The van der Waals surface area contributed by atoms with Gasteiger partial charge in [0.05, 0.1) is 0 Å². The number of carboxylic acids is 1. The van der Waals surface area contributed by atoms with Crippen LogP contribution in [0, 0.1) is 5.92 Å². The maximum atomic E-state index is 12.0. The van der Waals surface area contributed by atoms with Crippen molar-refractivity contribution >= 4 is 11.9 Å². The monoisotopic (exact) mass is 283 g/mol. The molecular formula is C16H29NO3. The van der Waals surface area contributed by atoms with E-state index in [1.54, 1.807) is 0 Å². The summed E-state index contributed by atoms with van der Waals surface area (Å²) in [5, 5.41) is 8.86. The molecule has 0 saturated heterocycles. The molecule has 0 unspecified atom stereocenters. The van der Waals surface area contributed by atoms with E-state index in [9.17, 15) is 9.59 Å². The number of hydrogen-bond acceptors (Lipinski definition) is 2. The topological polar surface area (TPSA) is 57.6 Å². The lowest BCUT2D eigenvalue weighted by Crippen LogP contribution is -2.37. The molecule has 116 valence electrons. The van der Waals surface area contributed by atoms with Gasteiger partial charge < -0.3 is 10.0 Å². The zero-order chi connectivity index (χ0) is 14.8. The Bertz CT molecular complexity index is 300. The zero-order valence-corrected chi connectivity index (χ0v) is 12.8. The Morgan fingerprint density at radius 3 is 2.20 bits per heavy atom. The molecule has 20 heavy (non-hydrogen) atoms. The summed E-state index contributed by atoms with van der Waals surface area (Å²) in [5.74, 6) is -0.334. The van der Waals surface area contributed by atoms with Crippen molar-refractivity contribution in [3.8, 4) is 0 Å². The van der Waals surface area contributed by atoms with Gasteiger partial charge in [0.15, 0.2) is 0 Å². The van der Waals surface area contributed by atoms with Crippen molar-refractivity contribution in [2.45, 2.75) is 71.1 Å². The molecule has 0 bridgehead atoms. The van der Waals surface area contributed by atoms with Gasteiger partial charge in [0.2, 0.25) is 5.91 Å². The Morgan fingerprint density at radius 1 is 1.05 bits per heavy atom. The maximum absolute atomic E-state index is 12.0. The molecule has 4 nitrogen and oxygen atoms in total. The number of rotatable bonds is 12. The third-order valence-electron chi connectivity index (χ3n) is 3.85. The van der Waals surface area contributed by atoms with Crippen LogP contribution in [0.25, 0.3) is 0 Å². The summed E-state index contributed by atoms with van der Waals surface area (Å²) in [7, 11) is 0. The second-order valence-corrected chi connectivity index (χ2v) is 5.98. The third kappa shape index (κ3) is 8.18. The zero-order valence-electron chi connectivity index (χ0n) is 12.8. The van der Waals surface area contributed by atoms with Gasteiger partial charge in [-0.15, -0.1) is 0 Å². The third-order valence-corrected chi connectivity index (χ3v) is 3.85. The summed E-state index contributed by atoms with van der Waals surface area (Å²) < 4.78 is 0. The average Bonchev–Trinajstić information content (AvgIpc) is 3.20. The predicted molar refractivity (Wildman–Crippen MR) is 79.5 cm³/mol. The summed E-state index contributed by atoms with van der Waals surface area (Å²) in [5.41, 5.74) is 0. The highest BCUT2D eigenvalue weighted by Crippen LogP contribution is 2.29. The molecule has 1 rings (SSSR count). The van der Waals surface area contributed by atoms with Gasteiger partial charge in [-0.3, -0.25) is 9.59 Å². The van der Waals surface area contributed by atoms with Crippen LogP contribution in [-0.4, -0.2) is 35.0 Å². The first-order valence-corrected chi connectivity index (χ1v) is 8.13. The normalized spacial score (nSPS) is 14.2. The molecular weight excluding hydrogens is 254 g/mol. The number of carbonyl (C=O) groups excluding carboxylic acids is 1. The number of aliphatic carboxylic acids is 1. The molecule has 0 radical (unpaired) electrons. The van der Waals surface area contributed by atoms with Crippen molar-refractivity contribution in [1.29, 1.82) is 0 Å². The van der Waals surface area contributed by atoms with Crippen LogP contribution in [0.2, 0.25) is 0 Å². The van der Waals surface area contributed by atoms with E-state index in [4.69, 9.17) is 5.11 Å². The SMILES string of the molecule is CCCCCCCCCC(=O)N(CC(=O)O)CC1CC1. The van der Waals surface area contributed by atoms with Crippen LogP contribution in [-0.2, 0) is 9.59 Å². The molecule has 0 aromatic carbocycles. The van der Waals surface area contributed by atoms with Gasteiger partial charge in [0.1, 0.15) is 6.54 Å². The van der Waals surface area contributed by atoms with E-state index in [1.165, 1.54) is 37.0 Å². The van der Waals surface area contributed by atoms with Gasteiger partial charge >= 0.3 is 5.97 Å². The van der Waals surface area contributed by atoms with E-state index in [1.807, 2.05) is 0 Å². The lowest BCUT2D eigenvalue weighted by molar-refractivity contribution is -0.144. The second kappa shape index (κ2) is 9.78. The molecule has 0 aromatic heterocycles. The first-order valence-electron chi connectivity index (χ1n) is 8.13. The quantitative estimate of drug-likeness (QED) is 0.558. The largest absolute Gasteiger partial charge is 0.480 e. The van der Waals surface area contributed by atoms with Crippen molar-refractivity contribution < 1.29 is 14.7 Å². The molecule has 1 aliphatic rings. The maximum Gasteiger partial charge on any atom is 0.323 e. The molecule has 0 atom stereocenters. The van der Waals surface area contributed by atoms with Crippen molar-refractivity contribution in [2.75, 3.05) is 13.1 Å². The fraction of sp³-hybridized carbons (Fsp3) is 0.875.